The lowest BCUT2D eigenvalue weighted by atomic mass is 10.1. The molecule has 0 aromatic heterocycles. The van der Waals surface area contributed by atoms with Gasteiger partial charge in [-0.2, -0.15) is 0 Å². The predicted octanol–water partition coefficient (Wildman–Crippen LogP) is 3.07. The highest BCUT2D eigenvalue weighted by molar-refractivity contribution is 5.75. The van der Waals surface area contributed by atoms with Gasteiger partial charge in [-0.05, 0) is 102 Å². The maximum Gasteiger partial charge on any atom is 0.320 e. The number of nitrogens with two attached hydrogens (primary N) is 1. The average Bonchev–Trinajstić information content (AvgIpc) is 2.95. The van der Waals surface area contributed by atoms with Gasteiger partial charge in [-0.25, -0.2) is 0 Å². The number of carbonyl (C=O) groups excluding carboxylic acids is 4. The quantitative estimate of drug-likeness (QED) is 0.152. The first-order chi connectivity index (χ1) is 22.3. The highest BCUT2D eigenvalue weighted by atomic mass is 16.6. The van der Waals surface area contributed by atoms with Gasteiger partial charge in [-0.1, -0.05) is 6.42 Å². The van der Waals surface area contributed by atoms with E-state index in [1.807, 2.05) is 88.0 Å². The summed E-state index contributed by atoms with van der Waals surface area (Å²) >= 11 is 0. The number of hydrogen-bond donors (Lipinski definition) is 1. The summed E-state index contributed by atoms with van der Waals surface area (Å²) in [6, 6.07) is -0.203. The van der Waals surface area contributed by atoms with Crippen LogP contribution < -0.4 is 5.73 Å². The van der Waals surface area contributed by atoms with E-state index in [2.05, 4.69) is 14.7 Å². The molecule has 1 atom stereocenters. The molecule has 0 aromatic carbocycles. The molecule has 0 bridgehead atoms. The fourth-order valence-electron chi connectivity index (χ4n) is 5.40. The maximum atomic E-state index is 13.1. The summed E-state index contributed by atoms with van der Waals surface area (Å²) in [6.07, 6.45) is 2.31. The molecule has 1 rings (SSSR count). The van der Waals surface area contributed by atoms with E-state index in [9.17, 15) is 19.2 Å². The molecule has 13 heteroatoms. The minimum absolute atomic E-state index is 0.0762. The Morgan fingerprint density at radius 2 is 0.878 bits per heavy atom. The van der Waals surface area contributed by atoms with Crippen LogP contribution in [-0.4, -0.2) is 150 Å². The number of ether oxygens (including phenoxy) is 4. The van der Waals surface area contributed by atoms with E-state index < -0.39 is 34.3 Å². The van der Waals surface area contributed by atoms with E-state index in [4.69, 9.17) is 24.7 Å². The molecule has 13 nitrogen and oxygen atoms in total. The molecule has 0 aromatic rings. The van der Waals surface area contributed by atoms with Gasteiger partial charge in [0.15, 0.2) is 0 Å². The summed E-state index contributed by atoms with van der Waals surface area (Å²) in [5.41, 5.74) is 3.29. The van der Waals surface area contributed by atoms with Gasteiger partial charge in [0.05, 0.1) is 26.2 Å². The van der Waals surface area contributed by atoms with E-state index in [1.165, 1.54) is 0 Å². The van der Waals surface area contributed by atoms with Gasteiger partial charge in [-0.3, -0.25) is 38.8 Å². The first-order valence-corrected chi connectivity index (χ1v) is 17.8. The molecule has 49 heavy (non-hydrogen) atoms. The third kappa shape index (κ3) is 22.9. The molecule has 1 aliphatic rings. The topological polar surface area (TPSA) is 144 Å². The number of unbranched alkanes of at least 4 members (excludes halogenated alkanes) is 1. The summed E-state index contributed by atoms with van der Waals surface area (Å²) in [7, 11) is 0. The standard InChI is InChI=1S/C36H69N5O8/c1-33(2,3)46-29(42)24-39-19-17-38(18-20-40(22-21-39)25-30(43)47-34(4,5)6)23-28(15-13-14-16-37)41(26-31(44)48-35(7,8)9)27-32(45)49-36(10,11)12/h28H,13-27,37H2,1-12H3/t28-/m0/s1. The lowest BCUT2D eigenvalue weighted by Crippen LogP contribution is -2.51. The Balaban J connectivity index is 3.38. The number of nitrogens with zero attached hydrogens (tertiary/aromatic N) is 4. The second kappa shape index (κ2) is 19.9. The number of rotatable bonds is 15. The van der Waals surface area contributed by atoms with Crippen molar-refractivity contribution in [1.82, 2.24) is 19.6 Å². The van der Waals surface area contributed by atoms with Crippen LogP contribution in [0.25, 0.3) is 0 Å². The SMILES string of the molecule is CC(C)(C)OC(=O)CN1CCN(CC(=O)OC(C)(C)C)CCN(C[C@H](CCCCN)N(CC(=O)OC(C)(C)C)CC(=O)OC(C)(C)C)CC1. The molecule has 286 valence electrons. The van der Waals surface area contributed by atoms with E-state index in [0.717, 1.165) is 12.8 Å². The highest BCUT2D eigenvalue weighted by Crippen LogP contribution is 2.17. The fourth-order valence-corrected chi connectivity index (χ4v) is 5.40. The van der Waals surface area contributed by atoms with Crippen LogP contribution in [-0.2, 0) is 38.1 Å². The van der Waals surface area contributed by atoms with Gasteiger partial charge in [0.1, 0.15) is 22.4 Å². The van der Waals surface area contributed by atoms with Crippen LogP contribution in [0.5, 0.6) is 0 Å². The van der Waals surface area contributed by atoms with Gasteiger partial charge in [0, 0.05) is 51.9 Å². The Hall–Kier alpha value is -2.32. The summed E-state index contributed by atoms with van der Waals surface area (Å²) in [5, 5.41) is 0. The van der Waals surface area contributed by atoms with Crippen LogP contribution >= 0.6 is 0 Å². The van der Waals surface area contributed by atoms with Crippen LogP contribution in [0.4, 0.5) is 0 Å². The third-order valence-electron chi connectivity index (χ3n) is 7.22. The molecule has 0 radical (unpaired) electrons. The Labute approximate surface area is 296 Å². The largest absolute Gasteiger partial charge is 0.459 e. The smallest absolute Gasteiger partial charge is 0.320 e. The average molecular weight is 700 g/mol. The molecule has 1 saturated heterocycles. The molecule has 0 unspecified atom stereocenters. The van der Waals surface area contributed by atoms with Crippen molar-refractivity contribution in [2.45, 2.75) is 131 Å². The number of carbonyl (C=O) groups is 4. The van der Waals surface area contributed by atoms with Crippen LogP contribution in [0.15, 0.2) is 0 Å². The lowest BCUT2D eigenvalue weighted by molar-refractivity contribution is -0.161. The van der Waals surface area contributed by atoms with Crippen LogP contribution in [0.2, 0.25) is 0 Å². The van der Waals surface area contributed by atoms with Crippen molar-refractivity contribution >= 4 is 23.9 Å². The summed E-state index contributed by atoms with van der Waals surface area (Å²) < 4.78 is 22.6. The molecule has 0 spiro atoms. The van der Waals surface area contributed by atoms with Crippen LogP contribution in [0.3, 0.4) is 0 Å². The third-order valence-corrected chi connectivity index (χ3v) is 7.22. The number of hydrogen-bond acceptors (Lipinski definition) is 13. The van der Waals surface area contributed by atoms with Gasteiger partial charge < -0.3 is 24.7 Å². The number of esters is 4. The second-order valence-electron chi connectivity index (χ2n) is 17.0. The summed E-state index contributed by atoms with van der Waals surface area (Å²) in [5.74, 6) is -1.46. The van der Waals surface area contributed by atoms with Crippen LogP contribution in [0, 0.1) is 0 Å². The van der Waals surface area contributed by atoms with Gasteiger partial charge >= 0.3 is 23.9 Å². The summed E-state index contributed by atoms with van der Waals surface area (Å²) in [6.45, 7) is 26.7. The minimum Gasteiger partial charge on any atom is -0.459 e. The Bertz CT molecular complexity index is 970. The zero-order valence-electron chi connectivity index (χ0n) is 32.8. The molecule has 2 N–H and O–H groups in total. The van der Waals surface area contributed by atoms with Crippen molar-refractivity contribution in [3.05, 3.63) is 0 Å². The van der Waals surface area contributed by atoms with Gasteiger partial charge in [-0.15, -0.1) is 0 Å². The molecule has 0 saturated carbocycles. The molecule has 0 amide bonds. The molecule has 0 aliphatic carbocycles. The zero-order chi connectivity index (χ0) is 37.6. The second-order valence-corrected chi connectivity index (χ2v) is 17.0. The Kier molecular flexibility index (Phi) is 18.2. The highest BCUT2D eigenvalue weighted by Gasteiger charge is 2.31. The zero-order valence-corrected chi connectivity index (χ0v) is 32.8. The monoisotopic (exact) mass is 700 g/mol. The minimum atomic E-state index is -0.680. The van der Waals surface area contributed by atoms with Crippen molar-refractivity contribution in [3.8, 4) is 0 Å². The molecular weight excluding hydrogens is 630 g/mol. The molecule has 1 fully saturated rings. The van der Waals surface area contributed by atoms with Crippen molar-refractivity contribution in [3.63, 3.8) is 0 Å². The van der Waals surface area contributed by atoms with E-state index in [1.54, 1.807) is 0 Å². The van der Waals surface area contributed by atoms with Crippen LogP contribution in [0.1, 0.15) is 102 Å². The van der Waals surface area contributed by atoms with Gasteiger partial charge in [0.25, 0.3) is 0 Å². The van der Waals surface area contributed by atoms with E-state index in [0.29, 0.717) is 58.8 Å². The lowest BCUT2D eigenvalue weighted by Gasteiger charge is -2.36. The maximum absolute atomic E-state index is 13.1. The van der Waals surface area contributed by atoms with Gasteiger partial charge in [0.2, 0.25) is 0 Å². The summed E-state index contributed by atoms with van der Waals surface area (Å²) in [4.78, 5) is 60.3. The molecular formula is C36H69N5O8. The van der Waals surface area contributed by atoms with Crippen molar-refractivity contribution in [2.75, 3.05) is 78.5 Å². The van der Waals surface area contributed by atoms with E-state index in [-0.39, 0.29) is 44.2 Å². The first-order valence-electron chi connectivity index (χ1n) is 17.8. The molecule has 1 aliphatic heterocycles. The Morgan fingerprint density at radius 1 is 0.551 bits per heavy atom. The van der Waals surface area contributed by atoms with Crippen molar-refractivity contribution in [1.29, 1.82) is 0 Å². The van der Waals surface area contributed by atoms with E-state index >= 15 is 0 Å². The normalized spacial score (nSPS) is 17.1. The van der Waals surface area contributed by atoms with Crippen molar-refractivity contribution < 1.29 is 38.1 Å². The predicted molar refractivity (Wildman–Crippen MR) is 191 cm³/mol. The Morgan fingerprint density at radius 3 is 1.20 bits per heavy atom. The fraction of sp³-hybridized carbons (Fsp3) is 0.889. The molecule has 1 heterocycles. The first kappa shape index (κ1) is 44.7. The van der Waals surface area contributed by atoms with Crippen molar-refractivity contribution in [2.24, 2.45) is 5.73 Å².